The van der Waals surface area contributed by atoms with Crippen molar-refractivity contribution in [2.24, 2.45) is 0 Å². The van der Waals surface area contributed by atoms with Crippen LogP contribution in [0.2, 0.25) is 0 Å². The number of carbonyl (C=O) groups excluding carboxylic acids is 1. The number of methoxy groups -OCH3 is 1. The van der Waals surface area contributed by atoms with Crippen molar-refractivity contribution < 1.29 is 27.8 Å². The van der Waals surface area contributed by atoms with E-state index in [1.54, 1.807) is 24.4 Å². The summed E-state index contributed by atoms with van der Waals surface area (Å²) in [4.78, 5) is 19.4. The maximum Gasteiger partial charge on any atom is 0.250 e. The second kappa shape index (κ2) is 9.46. The number of aromatic nitrogens is 2. The van der Waals surface area contributed by atoms with Gasteiger partial charge in [0.05, 0.1) is 37.0 Å². The molecule has 2 aliphatic heterocycles. The fourth-order valence-corrected chi connectivity index (χ4v) is 5.26. The van der Waals surface area contributed by atoms with Crippen LogP contribution in [0.3, 0.4) is 0 Å². The Hall–Kier alpha value is -3.59. The van der Waals surface area contributed by atoms with Crippen LogP contribution in [0.4, 0.5) is 13.2 Å². The molecule has 2 fully saturated rings. The van der Waals surface area contributed by atoms with Crippen molar-refractivity contribution >= 4 is 12.0 Å². The van der Waals surface area contributed by atoms with Gasteiger partial charge in [0.15, 0.2) is 17.5 Å². The molecule has 36 heavy (non-hydrogen) atoms. The number of aliphatic hydroxyl groups excluding tert-OH is 1. The molecule has 3 aromatic rings. The summed E-state index contributed by atoms with van der Waals surface area (Å²) >= 11 is 0. The molecule has 0 unspecified atom stereocenters. The van der Waals surface area contributed by atoms with Crippen LogP contribution in [-0.4, -0.2) is 44.7 Å². The minimum absolute atomic E-state index is 0.118. The first-order chi connectivity index (χ1) is 17.2. The van der Waals surface area contributed by atoms with Crippen LogP contribution in [0.5, 0.6) is 5.75 Å². The first-order valence-corrected chi connectivity index (χ1v) is 11.8. The predicted octanol–water partition coefficient (Wildman–Crippen LogP) is 4.88. The van der Waals surface area contributed by atoms with Gasteiger partial charge in [-0.05, 0) is 74.1 Å². The van der Waals surface area contributed by atoms with E-state index in [1.807, 2.05) is 35.9 Å². The first kappa shape index (κ1) is 24.1. The first-order valence-electron chi connectivity index (χ1n) is 11.8. The third-order valence-corrected chi connectivity index (χ3v) is 6.95. The SMILES string of the molecule is COc1cc(C=C2CC[C@@H]3C[C@H](O)C[C@@H](c4cc(F)c(F)c(F)c4)N3C2=O)ccc1-n1cnc(C)c1. The Labute approximate surface area is 206 Å². The molecule has 6 nitrogen and oxygen atoms in total. The smallest absolute Gasteiger partial charge is 0.250 e. The number of aliphatic hydroxyl groups is 1. The van der Waals surface area contributed by atoms with E-state index in [2.05, 4.69) is 4.98 Å². The number of piperidine rings is 2. The predicted molar refractivity (Wildman–Crippen MR) is 127 cm³/mol. The molecule has 2 aliphatic rings. The summed E-state index contributed by atoms with van der Waals surface area (Å²) in [5, 5.41) is 10.4. The molecule has 3 heterocycles. The number of carbonyl (C=O) groups is 1. The molecule has 9 heteroatoms. The zero-order valence-corrected chi connectivity index (χ0v) is 19.9. The Bertz CT molecular complexity index is 1330. The lowest BCUT2D eigenvalue weighted by Gasteiger charge is -2.47. The average molecular weight is 498 g/mol. The highest BCUT2D eigenvalue weighted by molar-refractivity contribution is 5.99. The topological polar surface area (TPSA) is 67.6 Å². The van der Waals surface area contributed by atoms with E-state index in [4.69, 9.17) is 4.74 Å². The van der Waals surface area contributed by atoms with Gasteiger partial charge >= 0.3 is 0 Å². The summed E-state index contributed by atoms with van der Waals surface area (Å²) in [6.45, 7) is 1.89. The third-order valence-electron chi connectivity index (χ3n) is 6.95. The molecule has 2 saturated heterocycles. The molecular weight excluding hydrogens is 471 g/mol. The van der Waals surface area contributed by atoms with Crippen molar-refractivity contribution in [3.05, 3.63) is 82.7 Å². The number of ether oxygens (including phenoxy) is 1. The third kappa shape index (κ3) is 4.39. The maximum absolute atomic E-state index is 14.0. The molecule has 2 aromatic carbocycles. The fourth-order valence-electron chi connectivity index (χ4n) is 5.26. The highest BCUT2D eigenvalue weighted by Gasteiger charge is 2.42. The normalized spacial score (nSPS) is 23.2. The molecule has 1 amide bonds. The number of fused-ring (bicyclic) bond motifs is 1. The van der Waals surface area contributed by atoms with Crippen LogP contribution in [0.25, 0.3) is 11.8 Å². The van der Waals surface area contributed by atoms with E-state index < -0.39 is 29.6 Å². The van der Waals surface area contributed by atoms with Gasteiger partial charge in [0, 0.05) is 17.8 Å². The molecule has 0 aliphatic carbocycles. The van der Waals surface area contributed by atoms with Gasteiger partial charge in [-0.2, -0.15) is 0 Å². The number of nitrogens with zero attached hydrogens (tertiary/aromatic N) is 3. The lowest BCUT2D eigenvalue weighted by atomic mass is 9.82. The summed E-state index contributed by atoms with van der Waals surface area (Å²) in [6, 6.07) is 6.37. The van der Waals surface area contributed by atoms with Crippen molar-refractivity contribution in [2.45, 2.75) is 50.8 Å². The van der Waals surface area contributed by atoms with Gasteiger partial charge in [-0.3, -0.25) is 4.79 Å². The number of aryl methyl sites for hydroxylation is 1. The number of hydrogen-bond acceptors (Lipinski definition) is 4. The molecule has 1 N–H and O–H groups in total. The van der Waals surface area contributed by atoms with E-state index >= 15 is 0 Å². The molecule has 5 rings (SSSR count). The summed E-state index contributed by atoms with van der Waals surface area (Å²) in [5.74, 6) is -3.84. The van der Waals surface area contributed by atoms with Gasteiger partial charge in [0.2, 0.25) is 0 Å². The van der Waals surface area contributed by atoms with Crippen LogP contribution < -0.4 is 4.74 Å². The average Bonchev–Trinajstić information content (AvgIpc) is 3.29. The molecule has 3 atom stereocenters. The Morgan fingerprint density at radius 3 is 2.56 bits per heavy atom. The van der Waals surface area contributed by atoms with Crippen LogP contribution in [0, 0.1) is 24.4 Å². The second-order valence-corrected chi connectivity index (χ2v) is 9.37. The standard InChI is InChI=1S/C27H26F3N3O3/c1-15-13-32(14-31-15)23-6-3-16(8-25(23)36-2)7-17-4-5-19-11-20(34)12-24(33(19)27(17)35)18-9-21(28)26(30)22(29)10-18/h3,6-10,13-14,19-20,24,34H,4-5,11-12H2,1-2H3/t19-,20+,24+/m1/s1. The minimum Gasteiger partial charge on any atom is -0.495 e. The van der Waals surface area contributed by atoms with Gasteiger partial charge in [-0.25, -0.2) is 18.2 Å². The van der Waals surface area contributed by atoms with Crippen molar-refractivity contribution in [1.82, 2.24) is 14.5 Å². The molecule has 188 valence electrons. The van der Waals surface area contributed by atoms with E-state index in [9.17, 15) is 23.1 Å². The van der Waals surface area contributed by atoms with Crippen LogP contribution in [0.15, 0.2) is 48.4 Å². The Kier molecular flexibility index (Phi) is 6.34. The van der Waals surface area contributed by atoms with E-state index in [0.717, 1.165) is 29.1 Å². The van der Waals surface area contributed by atoms with Crippen molar-refractivity contribution in [1.29, 1.82) is 0 Å². The summed E-state index contributed by atoms with van der Waals surface area (Å²) < 4.78 is 49.0. The van der Waals surface area contributed by atoms with E-state index in [1.165, 1.54) is 0 Å². The van der Waals surface area contributed by atoms with E-state index in [-0.39, 0.29) is 23.9 Å². The van der Waals surface area contributed by atoms with Crippen molar-refractivity contribution in [3.63, 3.8) is 0 Å². The van der Waals surface area contributed by atoms with Crippen molar-refractivity contribution in [2.75, 3.05) is 7.11 Å². The molecule has 1 aromatic heterocycles. The number of benzene rings is 2. The molecule has 0 radical (unpaired) electrons. The van der Waals surface area contributed by atoms with Crippen molar-refractivity contribution in [3.8, 4) is 11.4 Å². The quantitative estimate of drug-likeness (QED) is 0.412. The Morgan fingerprint density at radius 2 is 1.89 bits per heavy atom. The maximum atomic E-state index is 14.0. The Balaban J connectivity index is 1.47. The lowest BCUT2D eigenvalue weighted by molar-refractivity contribution is -0.139. The van der Waals surface area contributed by atoms with Gasteiger partial charge in [0.25, 0.3) is 5.91 Å². The fraction of sp³-hybridized carbons (Fsp3) is 0.333. The zero-order chi connectivity index (χ0) is 25.6. The summed E-state index contributed by atoms with van der Waals surface area (Å²) in [7, 11) is 1.57. The largest absolute Gasteiger partial charge is 0.495 e. The number of hydrogen-bond donors (Lipinski definition) is 1. The zero-order valence-electron chi connectivity index (χ0n) is 19.9. The monoisotopic (exact) mass is 497 g/mol. The van der Waals surface area contributed by atoms with Crippen LogP contribution in [-0.2, 0) is 4.79 Å². The summed E-state index contributed by atoms with van der Waals surface area (Å²) in [5.41, 5.74) is 3.12. The van der Waals surface area contributed by atoms with Gasteiger partial charge in [-0.15, -0.1) is 0 Å². The highest BCUT2D eigenvalue weighted by Crippen LogP contribution is 2.41. The summed E-state index contributed by atoms with van der Waals surface area (Å²) in [6.07, 6.45) is 6.24. The Morgan fingerprint density at radius 1 is 1.14 bits per heavy atom. The number of rotatable bonds is 4. The second-order valence-electron chi connectivity index (χ2n) is 9.37. The van der Waals surface area contributed by atoms with Crippen LogP contribution in [0.1, 0.15) is 48.5 Å². The van der Waals surface area contributed by atoms with Crippen LogP contribution >= 0.6 is 0 Å². The highest BCUT2D eigenvalue weighted by atomic mass is 19.2. The number of halogens is 3. The van der Waals surface area contributed by atoms with Gasteiger partial charge < -0.3 is 19.3 Å². The number of imidazole rings is 1. The minimum atomic E-state index is -1.56. The molecule has 0 spiro atoms. The van der Waals surface area contributed by atoms with E-state index in [0.29, 0.717) is 30.6 Å². The molecule has 0 bridgehead atoms. The lowest BCUT2D eigenvalue weighted by Crippen LogP contribution is -2.52. The molecular formula is C27H26F3N3O3. The van der Waals surface area contributed by atoms with Gasteiger partial charge in [-0.1, -0.05) is 6.07 Å². The molecule has 0 saturated carbocycles. The number of amides is 1. The van der Waals surface area contributed by atoms with Gasteiger partial charge in [0.1, 0.15) is 5.75 Å².